The Morgan fingerprint density at radius 2 is 2.14 bits per heavy atom. The van der Waals surface area contributed by atoms with E-state index >= 15 is 0 Å². The van der Waals surface area contributed by atoms with Gasteiger partial charge < -0.3 is 15.4 Å². The molecular weight excluding hydrogens is 296 g/mol. The van der Waals surface area contributed by atoms with Crippen LogP contribution in [-0.2, 0) is 17.6 Å². The van der Waals surface area contributed by atoms with E-state index in [1.165, 1.54) is 5.01 Å². The lowest BCUT2D eigenvalue weighted by Gasteiger charge is -2.30. The molecule has 1 heterocycles. The number of aliphatic imine (C=N–C) groups is 1. The number of aryl methyl sites for hydroxylation is 1. The van der Waals surface area contributed by atoms with Crippen molar-refractivity contribution < 1.29 is 4.74 Å². The van der Waals surface area contributed by atoms with Crippen molar-refractivity contribution >= 4 is 17.3 Å². The first-order valence-electron chi connectivity index (χ1n) is 7.81. The lowest BCUT2D eigenvalue weighted by Crippen LogP contribution is -2.45. The number of rotatable bonds is 7. The van der Waals surface area contributed by atoms with Crippen molar-refractivity contribution in [2.24, 2.45) is 10.4 Å². The van der Waals surface area contributed by atoms with Crippen LogP contribution in [0, 0.1) is 5.41 Å². The maximum atomic E-state index is 5.54. The van der Waals surface area contributed by atoms with Crippen molar-refractivity contribution in [3.63, 3.8) is 0 Å². The second-order valence-corrected chi connectivity index (χ2v) is 7.25. The van der Waals surface area contributed by atoms with Crippen molar-refractivity contribution in [3.05, 3.63) is 16.1 Å². The van der Waals surface area contributed by atoms with Crippen LogP contribution >= 0.6 is 11.3 Å². The molecule has 126 valence electrons. The molecule has 5 nitrogen and oxygen atoms in total. The minimum absolute atomic E-state index is 0.0950. The van der Waals surface area contributed by atoms with Crippen LogP contribution in [0.1, 0.15) is 38.4 Å². The molecule has 2 N–H and O–H groups in total. The Labute approximate surface area is 138 Å². The molecule has 22 heavy (non-hydrogen) atoms. The van der Waals surface area contributed by atoms with Crippen LogP contribution in [-0.4, -0.2) is 44.3 Å². The van der Waals surface area contributed by atoms with E-state index in [1.54, 1.807) is 25.5 Å². The van der Waals surface area contributed by atoms with Crippen LogP contribution in [0.5, 0.6) is 0 Å². The number of nitrogens with zero attached hydrogens (tertiary/aromatic N) is 2. The molecule has 0 aromatic carbocycles. The number of hydrogen-bond acceptors (Lipinski definition) is 4. The van der Waals surface area contributed by atoms with Crippen molar-refractivity contribution in [1.82, 2.24) is 15.6 Å². The summed E-state index contributed by atoms with van der Waals surface area (Å²) in [4.78, 5) is 8.82. The second-order valence-electron chi connectivity index (χ2n) is 6.31. The summed E-state index contributed by atoms with van der Waals surface area (Å²) in [7, 11) is 3.54. The molecule has 0 radical (unpaired) electrons. The number of methoxy groups -OCH3 is 1. The fourth-order valence-corrected chi connectivity index (χ4v) is 2.87. The first kappa shape index (κ1) is 18.9. The number of guanidine groups is 1. The van der Waals surface area contributed by atoms with Crippen LogP contribution in [0.15, 0.2) is 10.4 Å². The van der Waals surface area contributed by atoms with Gasteiger partial charge in [-0.3, -0.25) is 4.99 Å². The van der Waals surface area contributed by atoms with Gasteiger partial charge >= 0.3 is 0 Å². The number of nitrogens with one attached hydrogen (secondary N) is 2. The van der Waals surface area contributed by atoms with E-state index in [2.05, 4.69) is 53.7 Å². The van der Waals surface area contributed by atoms with Crippen molar-refractivity contribution in [1.29, 1.82) is 0 Å². The molecule has 0 bridgehead atoms. The van der Waals surface area contributed by atoms with Crippen molar-refractivity contribution in [2.75, 3.05) is 27.2 Å². The molecule has 0 aliphatic carbocycles. The summed E-state index contributed by atoms with van der Waals surface area (Å²) in [6, 6.07) is 0. The average molecular weight is 327 g/mol. The number of aromatic nitrogens is 1. The predicted octanol–water partition coefficient (Wildman–Crippen LogP) is 2.47. The molecule has 0 fully saturated rings. The summed E-state index contributed by atoms with van der Waals surface area (Å²) < 4.78 is 5.54. The zero-order valence-corrected chi connectivity index (χ0v) is 15.5. The number of hydrogen-bond donors (Lipinski definition) is 2. The van der Waals surface area contributed by atoms with Crippen LogP contribution in [0.2, 0.25) is 0 Å². The Bertz CT molecular complexity index is 465. The average Bonchev–Trinajstić information content (AvgIpc) is 2.92. The van der Waals surface area contributed by atoms with Gasteiger partial charge in [0.15, 0.2) is 5.96 Å². The highest BCUT2D eigenvalue weighted by atomic mass is 32.1. The molecule has 1 rings (SSSR count). The SMILES string of the molecule is CCc1nc(CCNC(=NC)NCC(OC)C(C)(C)C)cs1. The quantitative estimate of drug-likeness (QED) is 0.597. The van der Waals surface area contributed by atoms with E-state index in [-0.39, 0.29) is 11.5 Å². The monoisotopic (exact) mass is 326 g/mol. The van der Waals surface area contributed by atoms with E-state index in [9.17, 15) is 0 Å². The molecule has 0 spiro atoms. The van der Waals surface area contributed by atoms with E-state index < -0.39 is 0 Å². The molecule has 1 aromatic rings. The van der Waals surface area contributed by atoms with Crippen molar-refractivity contribution in [2.45, 2.75) is 46.6 Å². The maximum Gasteiger partial charge on any atom is 0.191 e. The van der Waals surface area contributed by atoms with Gasteiger partial charge in [0.05, 0.1) is 16.8 Å². The Balaban J connectivity index is 2.36. The smallest absolute Gasteiger partial charge is 0.191 e. The highest BCUT2D eigenvalue weighted by Crippen LogP contribution is 2.20. The van der Waals surface area contributed by atoms with E-state index in [4.69, 9.17) is 4.74 Å². The molecule has 1 atom stereocenters. The summed E-state index contributed by atoms with van der Waals surface area (Å²) in [5, 5.41) is 9.99. The third-order valence-electron chi connectivity index (χ3n) is 3.50. The molecule has 0 saturated carbocycles. The highest BCUT2D eigenvalue weighted by molar-refractivity contribution is 7.09. The second kappa shape index (κ2) is 9.10. The van der Waals surface area contributed by atoms with Gasteiger partial charge in [-0.1, -0.05) is 27.7 Å². The third-order valence-corrected chi connectivity index (χ3v) is 4.55. The fourth-order valence-electron chi connectivity index (χ4n) is 2.09. The molecular formula is C16H30N4OS. The molecule has 6 heteroatoms. The van der Waals surface area contributed by atoms with Gasteiger partial charge in [0.1, 0.15) is 0 Å². The zero-order valence-electron chi connectivity index (χ0n) is 14.7. The molecule has 1 aromatic heterocycles. The largest absolute Gasteiger partial charge is 0.379 e. The lowest BCUT2D eigenvalue weighted by molar-refractivity contribution is 0.0205. The van der Waals surface area contributed by atoms with Gasteiger partial charge in [-0.2, -0.15) is 0 Å². The Morgan fingerprint density at radius 1 is 1.41 bits per heavy atom. The maximum absolute atomic E-state index is 5.54. The van der Waals surface area contributed by atoms with E-state index in [0.29, 0.717) is 0 Å². The van der Waals surface area contributed by atoms with Gasteiger partial charge in [0.25, 0.3) is 0 Å². The normalized spacial score (nSPS) is 14.0. The predicted molar refractivity (Wildman–Crippen MR) is 94.8 cm³/mol. The van der Waals surface area contributed by atoms with Gasteiger partial charge in [0, 0.05) is 39.0 Å². The van der Waals surface area contributed by atoms with E-state index in [1.807, 2.05) is 0 Å². The standard InChI is InChI=1S/C16H30N4OS/c1-7-14-20-12(11-22-14)8-9-18-15(17-5)19-10-13(21-6)16(2,3)4/h11,13H,7-10H2,1-6H3,(H2,17,18,19). The summed E-state index contributed by atoms with van der Waals surface area (Å²) in [5.74, 6) is 0.803. The van der Waals surface area contributed by atoms with Crippen LogP contribution < -0.4 is 10.6 Å². The Hall–Kier alpha value is -1.14. The summed E-state index contributed by atoms with van der Waals surface area (Å²) in [6.07, 6.45) is 2.05. The summed E-state index contributed by atoms with van der Waals surface area (Å²) >= 11 is 1.73. The number of thiazole rings is 1. The summed E-state index contributed by atoms with van der Waals surface area (Å²) in [5.41, 5.74) is 1.24. The Kier molecular flexibility index (Phi) is 7.82. The molecule has 0 aliphatic rings. The molecule has 0 amide bonds. The first-order valence-corrected chi connectivity index (χ1v) is 8.69. The summed E-state index contributed by atoms with van der Waals surface area (Å²) in [6.45, 7) is 10.2. The van der Waals surface area contributed by atoms with E-state index in [0.717, 1.165) is 37.6 Å². The molecule has 0 saturated heterocycles. The lowest BCUT2D eigenvalue weighted by atomic mass is 9.89. The third kappa shape index (κ3) is 6.32. The fraction of sp³-hybridized carbons (Fsp3) is 0.750. The van der Waals surface area contributed by atoms with Gasteiger partial charge in [-0.25, -0.2) is 4.98 Å². The minimum Gasteiger partial charge on any atom is -0.379 e. The molecule has 1 unspecified atom stereocenters. The number of ether oxygens (including phenoxy) is 1. The Morgan fingerprint density at radius 3 is 2.64 bits per heavy atom. The van der Waals surface area contributed by atoms with Gasteiger partial charge in [-0.15, -0.1) is 11.3 Å². The van der Waals surface area contributed by atoms with Crippen molar-refractivity contribution in [3.8, 4) is 0 Å². The van der Waals surface area contributed by atoms with Gasteiger partial charge in [0.2, 0.25) is 0 Å². The van der Waals surface area contributed by atoms with Gasteiger partial charge in [-0.05, 0) is 11.8 Å². The highest BCUT2D eigenvalue weighted by Gasteiger charge is 2.24. The molecule has 0 aliphatic heterocycles. The van der Waals surface area contributed by atoms with Crippen LogP contribution in [0.3, 0.4) is 0 Å². The van der Waals surface area contributed by atoms with Crippen LogP contribution in [0.4, 0.5) is 0 Å². The first-order chi connectivity index (χ1) is 10.4. The van der Waals surface area contributed by atoms with Crippen LogP contribution in [0.25, 0.3) is 0 Å². The zero-order chi connectivity index (χ0) is 16.6. The topological polar surface area (TPSA) is 58.5 Å². The minimum atomic E-state index is 0.0950.